The van der Waals surface area contributed by atoms with Gasteiger partial charge < -0.3 is 10.3 Å². The first-order valence-corrected chi connectivity index (χ1v) is 9.40. The van der Waals surface area contributed by atoms with Crippen LogP contribution in [0.1, 0.15) is 30.2 Å². The summed E-state index contributed by atoms with van der Waals surface area (Å²) in [5.41, 5.74) is 7.51. The molecular weight excluding hydrogens is 352 g/mol. The van der Waals surface area contributed by atoms with E-state index in [4.69, 9.17) is 10.3 Å². The van der Waals surface area contributed by atoms with Crippen LogP contribution in [0, 0.1) is 0 Å². The summed E-state index contributed by atoms with van der Waals surface area (Å²) in [6.07, 6.45) is 2.63. The van der Waals surface area contributed by atoms with Crippen LogP contribution in [-0.4, -0.2) is 42.2 Å². The van der Waals surface area contributed by atoms with E-state index in [1.165, 1.54) is 10.6 Å². The first-order valence-electron chi connectivity index (χ1n) is 7.55. The molecule has 1 aliphatic heterocycles. The van der Waals surface area contributed by atoms with Crippen molar-refractivity contribution in [1.29, 1.82) is 0 Å². The summed E-state index contributed by atoms with van der Waals surface area (Å²) in [6, 6.07) is 7.72. The largest absolute Gasteiger partial charge is 0.339 e. The molecule has 0 spiro atoms. The maximum Gasteiger partial charge on any atom is 0.230 e. The van der Waals surface area contributed by atoms with Crippen molar-refractivity contribution in [2.45, 2.75) is 25.3 Å². The first kappa shape index (κ1) is 18.9. The number of halogens is 1. The lowest BCUT2D eigenvalue weighted by Gasteiger charge is -2.28. The number of piperidine rings is 1. The van der Waals surface area contributed by atoms with E-state index in [-0.39, 0.29) is 18.3 Å². The number of sulfonamides is 1. The molecule has 0 atom stereocenters. The number of nitrogens with zero attached hydrogens (tertiary/aromatic N) is 3. The lowest BCUT2D eigenvalue weighted by molar-refractivity contribution is 0.271. The van der Waals surface area contributed by atoms with Crippen LogP contribution in [0.4, 0.5) is 0 Å². The smallest absolute Gasteiger partial charge is 0.230 e. The van der Waals surface area contributed by atoms with Crippen LogP contribution in [-0.2, 0) is 16.6 Å². The molecule has 1 saturated heterocycles. The van der Waals surface area contributed by atoms with Gasteiger partial charge in [0.25, 0.3) is 0 Å². The molecule has 1 aromatic carbocycles. The predicted molar refractivity (Wildman–Crippen MR) is 93.3 cm³/mol. The van der Waals surface area contributed by atoms with E-state index in [1.54, 1.807) is 0 Å². The second-order valence-corrected chi connectivity index (χ2v) is 7.78. The van der Waals surface area contributed by atoms with Crippen LogP contribution in [0.3, 0.4) is 0 Å². The van der Waals surface area contributed by atoms with Crippen molar-refractivity contribution in [2.24, 2.45) is 5.73 Å². The molecule has 2 N–H and O–H groups in total. The predicted octanol–water partition coefficient (Wildman–Crippen LogP) is 1.76. The fourth-order valence-corrected chi connectivity index (χ4v) is 3.62. The Morgan fingerprint density at radius 3 is 2.42 bits per heavy atom. The highest BCUT2D eigenvalue weighted by Crippen LogP contribution is 2.29. The van der Waals surface area contributed by atoms with Gasteiger partial charge >= 0.3 is 0 Å². The Bertz CT molecular complexity index is 768. The summed E-state index contributed by atoms with van der Waals surface area (Å²) in [4.78, 5) is 4.47. The number of rotatable bonds is 4. The minimum atomic E-state index is -3.12. The van der Waals surface area contributed by atoms with Gasteiger partial charge in [-0.15, -0.1) is 12.4 Å². The lowest BCUT2D eigenvalue weighted by atomic mass is 9.98. The highest BCUT2D eigenvalue weighted by molar-refractivity contribution is 7.88. The Balaban J connectivity index is 0.00000208. The zero-order valence-corrected chi connectivity index (χ0v) is 15.0. The summed E-state index contributed by atoms with van der Waals surface area (Å²) in [5, 5.41) is 4.04. The highest BCUT2D eigenvalue weighted by Gasteiger charge is 2.29. The number of aromatic nitrogens is 2. The van der Waals surface area contributed by atoms with Crippen LogP contribution in [0.15, 0.2) is 28.8 Å². The number of hydrogen-bond acceptors (Lipinski definition) is 6. The number of nitrogens with two attached hydrogens (primary N) is 1. The maximum absolute atomic E-state index is 11.5. The van der Waals surface area contributed by atoms with Gasteiger partial charge in [-0.1, -0.05) is 29.4 Å². The zero-order chi connectivity index (χ0) is 16.4. The van der Waals surface area contributed by atoms with Crippen LogP contribution in [0.2, 0.25) is 0 Å². The van der Waals surface area contributed by atoms with Gasteiger partial charge in [-0.25, -0.2) is 12.7 Å². The molecule has 3 rings (SSSR count). The molecule has 7 nitrogen and oxygen atoms in total. The third-order valence-corrected chi connectivity index (χ3v) is 5.46. The molecule has 0 radical (unpaired) electrons. The molecule has 1 fully saturated rings. The molecule has 2 aromatic rings. The van der Waals surface area contributed by atoms with Crippen molar-refractivity contribution in [3.8, 4) is 11.4 Å². The number of benzene rings is 1. The topological polar surface area (TPSA) is 102 Å². The van der Waals surface area contributed by atoms with Crippen molar-refractivity contribution < 1.29 is 12.9 Å². The minimum Gasteiger partial charge on any atom is -0.339 e. The molecule has 0 aliphatic carbocycles. The Hall–Kier alpha value is -1.48. The van der Waals surface area contributed by atoms with Gasteiger partial charge in [0.2, 0.25) is 21.7 Å². The Morgan fingerprint density at radius 1 is 1.25 bits per heavy atom. The number of hydrogen-bond donors (Lipinski definition) is 1. The van der Waals surface area contributed by atoms with Crippen molar-refractivity contribution >= 4 is 22.4 Å². The van der Waals surface area contributed by atoms with Crippen molar-refractivity contribution in [2.75, 3.05) is 19.3 Å². The fourth-order valence-electron chi connectivity index (χ4n) is 2.74. The van der Waals surface area contributed by atoms with Crippen molar-refractivity contribution in [3.63, 3.8) is 0 Å². The summed E-state index contributed by atoms with van der Waals surface area (Å²) in [6.45, 7) is 1.48. The zero-order valence-electron chi connectivity index (χ0n) is 13.4. The molecule has 1 aliphatic rings. The van der Waals surface area contributed by atoms with Crippen molar-refractivity contribution in [3.05, 3.63) is 35.7 Å². The highest BCUT2D eigenvalue weighted by atomic mass is 35.5. The molecule has 2 heterocycles. The molecule has 132 valence electrons. The van der Waals surface area contributed by atoms with Gasteiger partial charge in [0, 0.05) is 31.1 Å². The Kier molecular flexibility index (Phi) is 5.97. The SMILES string of the molecule is CS(=O)(=O)N1CCC(c2nc(-c3ccc(CN)cc3)no2)CC1.Cl. The Labute approximate surface area is 147 Å². The van der Waals surface area contributed by atoms with Gasteiger partial charge in [0.15, 0.2) is 0 Å². The quantitative estimate of drug-likeness (QED) is 0.877. The van der Waals surface area contributed by atoms with Gasteiger partial charge in [-0.05, 0) is 18.4 Å². The standard InChI is InChI=1S/C15H20N4O3S.ClH/c1-23(20,21)19-8-6-13(7-9-19)15-17-14(18-22-15)12-4-2-11(10-16)3-5-12;/h2-5,13H,6-10,16H2,1H3;1H. The average molecular weight is 373 g/mol. The third-order valence-electron chi connectivity index (χ3n) is 4.16. The van der Waals surface area contributed by atoms with E-state index in [2.05, 4.69) is 10.1 Å². The van der Waals surface area contributed by atoms with E-state index in [9.17, 15) is 8.42 Å². The second kappa shape index (κ2) is 7.60. The molecule has 0 unspecified atom stereocenters. The fraction of sp³-hybridized carbons (Fsp3) is 0.467. The Morgan fingerprint density at radius 2 is 1.88 bits per heavy atom. The summed E-state index contributed by atoms with van der Waals surface area (Å²) < 4.78 is 29.9. The minimum absolute atomic E-state index is 0. The van der Waals surface area contributed by atoms with Gasteiger partial charge in [0.05, 0.1) is 6.26 Å². The maximum atomic E-state index is 11.5. The first-order chi connectivity index (χ1) is 11.0. The van der Waals surface area contributed by atoms with Crippen molar-refractivity contribution in [1.82, 2.24) is 14.4 Å². The average Bonchev–Trinajstić information content (AvgIpc) is 3.04. The van der Waals surface area contributed by atoms with Gasteiger partial charge in [-0.3, -0.25) is 0 Å². The summed E-state index contributed by atoms with van der Waals surface area (Å²) >= 11 is 0. The lowest BCUT2D eigenvalue weighted by Crippen LogP contribution is -2.37. The monoisotopic (exact) mass is 372 g/mol. The van der Waals surface area contributed by atoms with Gasteiger partial charge in [0.1, 0.15) is 0 Å². The molecule has 0 bridgehead atoms. The normalized spacial score (nSPS) is 16.8. The van der Waals surface area contributed by atoms with Crippen LogP contribution < -0.4 is 5.73 Å². The van der Waals surface area contributed by atoms with E-state index in [0.29, 0.717) is 44.2 Å². The van der Waals surface area contributed by atoms with Gasteiger partial charge in [-0.2, -0.15) is 4.98 Å². The van der Waals surface area contributed by atoms with E-state index in [1.807, 2.05) is 24.3 Å². The molecule has 0 saturated carbocycles. The summed E-state index contributed by atoms with van der Waals surface area (Å²) in [7, 11) is -3.12. The second-order valence-electron chi connectivity index (χ2n) is 5.79. The molecular formula is C15H21ClN4O3S. The van der Waals surface area contributed by atoms with E-state index >= 15 is 0 Å². The molecule has 9 heteroatoms. The van der Waals surface area contributed by atoms with Crippen LogP contribution in [0.25, 0.3) is 11.4 Å². The molecule has 0 amide bonds. The van der Waals surface area contributed by atoms with E-state index in [0.717, 1.165) is 11.1 Å². The van der Waals surface area contributed by atoms with Crippen LogP contribution in [0.5, 0.6) is 0 Å². The van der Waals surface area contributed by atoms with Crippen LogP contribution >= 0.6 is 12.4 Å². The van der Waals surface area contributed by atoms with E-state index < -0.39 is 10.0 Å². The third kappa shape index (κ3) is 4.13. The molecule has 1 aromatic heterocycles. The summed E-state index contributed by atoms with van der Waals surface area (Å²) in [5.74, 6) is 1.24. The molecule has 24 heavy (non-hydrogen) atoms.